The molecule has 4 nitrogen and oxygen atoms in total. The number of rotatable bonds is 9. The van der Waals surface area contributed by atoms with Crippen LogP contribution in [-0.2, 0) is 6.54 Å². The molecule has 0 bridgehead atoms. The smallest absolute Gasteiger partial charge is 0.251 e. The van der Waals surface area contributed by atoms with Crippen LogP contribution in [0.1, 0.15) is 65.9 Å². The standard InChI is InChI=1S/C24H31ClN2O2/c25-22-11-7-21(8-12-22)24(29)27-23-13-9-20(10-14-23)19-5-3-18(4-6-19)17-26-15-1-2-16-28/h3-8,11-12,20,23,26,28H,1-2,9-10,13-17H2,(H,27,29). The van der Waals surface area contributed by atoms with E-state index in [9.17, 15) is 4.79 Å². The SMILES string of the molecule is O=C(NC1CCC(c2ccc(CNCCCCO)cc2)CC1)c1ccc(Cl)cc1. The lowest BCUT2D eigenvalue weighted by Crippen LogP contribution is -2.37. The molecule has 3 N–H and O–H groups in total. The fourth-order valence-electron chi connectivity index (χ4n) is 3.94. The molecule has 1 fully saturated rings. The molecule has 1 saturated carbocycles. The second kappa shape index (κ2) is 11.3. The maximum Gasteiger partial charge on any atom is 0.251 e. The number of carbonyl (C=O) groups excluding carboxylic acids is 1. The van der Waals surface area contributed by atoms with E-state index < -0.39 is 0 Å². The molecule has 0 aromatic heterocycles. The van der Waals surface area contributed by atoms with Crippen molar-refractivity contribution in [1.29, 1.82) is 0 Å². The summed E-state index contributed by atoms with van der Waals surface area (Å²) in [7, 11) is 0. The minimum Gasteiger partial charge on any atom is -0.396 e. The molecule has 0 radical (unpaired) electrons. The van der Waals surface area contributed by atoms with E-state index in [-0.39, 0.29) is 18.6 Å². The van der Waals surface area contributed by atoms with E-state index in [0.717, 1.165) is 51.6 Å². The summed E-state index contributed by atoms with van der Waals surface area (Å²) in [5.74, 6) is 0.561. The van der Waals surface area contributed by atoms with Crippen molar-refractivity contribution < 1.29 is 9.90 Å². The highest BCUT2D eigenvalue weighted by Gasteiger charge is 2.23. The second-order valence-corrected chi connectivity index (χ2v) is 8.31. The summed E-state index contributed by atoms with van der Waals surface area (Å²) in [6.45, 7) is 2.08. The molecule has 1 aliphatic carbocycles. The Morgan fingerprint density at radius 2 is 1.66 bits per heavy atom. The van der Waals surface area contributed by atoms with Crippen molar-refractivity contribution in [2.45, 2.75) is 57.0 Å². The van der Waals surface area contributed by atoms with Gasteiger partial charge >= 0.3 is 0 Å². The Balaban J connectivity index is 1.42. The number of aliphatic hydroxyl groups excluding tert-OH is 1. The number of amides is 1. The molecular formula is C24H31ClN2O2. The maximum absolute atomic E-state index is 12.4. The van der Waals surface area contributed by atoms with Gasteiger partial charge < -0.3 is 15.7 Å². The van der Waals surface area contributed by atoms with Crippen LogP contribution < -0.4 is 10.6 Å². The molecule has 1 amide bonds. The Bertz CT molecular complexity index is 753. The summed E-state index contributed by atoms with van der Waals surface area (Å²) in [6, 6.07) is 16.2. The van der Waals surface area contributed by atoms with Gasteiger partial charge in [0.25, 0.3) is 5.91 Å². The average molecular weight is 415 g/mol. The summed E-state index contributed by atoms with van der Waals surface area (Å²) >= 11 is 5.89. The van der Waals surface area contributed by atoms with E-state index in [1.165, 1.54) is 11.1 Å². The topological polar surface area (TPSA) is 61.4 Å². The first-order chi connectivity index (χ1) is 14.2. The molecular weight excluding hydrogens is 384 g/mol. The van der Waals surface area contributed by atoms with E-state index in [0.29, 0.717) is 16.5 Å². The van der Waals surface area contributed by atoms with Crippen LogP contribution in [0.5, 0.6) is 0 Å². The molecule has 2 aromatic rings. The van der Waals surface area contributed by atoms with E-state index >= 15 is 0 Å². The van der Waals surface area contributed by atoms with Crippen LogP contribution in [0.3, 0.4) is 0 Å². The van der Waals surface area contributed by atoms with Crippen LogP contribution in [-0.4, -0.2) is 30.2 Å². The number of benzene rings is 2. The van der Waals surface area contributed by atoms with E-state index in [2.05, 4.69) is 34.9 Å². The zero-order valence-electron chi connectivity index (χ0n) is 16.9. The van der Waals surface area contributed by atoms with Gasteiger partial charge in [0.1, 0.15) is 0 Å². The first kappa shape index (κ1) is 21.8. The monoisotopic (exact) mass is 414 g/mol. The van der Waals surface area contributed by atoms with Gasteiger partial charge in [0.15, 0.2) is 0 Å². The van der Waals surface area contributed by atoms with Crippen LogP contribution >= 0.6 is 11.6 Å². The van der Waals surface area contributed by atoms with Gasteiger partial charge in [-0.3, -0.25) is 4.79 Å². The highest BCUT2D eigenvalue weighted by atomic mass is 35.5. The predicted molar refractivity (Wildman–Crippen MR) is 118 cm³/mol. The van der Waals surface area contributed by atoms with Gasteiger partial charge in [-0.05, 0) is 86.4 Å². The first-order valence-corrected chi connectivity index (χ1v) is 11.0. The molecule has 0 unspecified atom stereocenters. The summed E-state index contributed by atoms with van der Waals surface area (Å²) in [5, 5.41) is 16.0. The third-order valence-corrected chi connectivity index (χ3v) is 5.96. The minimum absolute atomic E-state index is 0.0130. The zero-order valence-corrected chi connectivity index (χ0v) is 17.6. The molecule has 1 aliphatic rings. The number of carbonyl (C=O) groups is 1. The van der Waals surface area contributed by atoms with Gasteiger partial charge in [-0.1, -0.05) is 35.9 Å². The highest BCUT2D eigenvalue weighted by Crippen LogP contribution is 2.33. The van der Waals surface area contributed by atoms with Crippen molar-refractivity contribution in [1.82, 2.24) is 10.6 Å². The lowest BCUT2D eigenvalue weighted by Gasteiger charge is -2.29. The molecule has 156 valence electrons. The van der Waals surface area contributed by atoms with Crippen LogP contribution in [0.15, 0.2) is 48.5 Å². The summed E-state index contributed by atoms with van der Waals surface area (Å²) in [4.78, 5) is 12.4. The molecule has 0 saturated heterocycles. The number of hydrogen-bond donors (Lipinski definition) is 3. The third kappa shape index (κ3) is 6.84. The van der Waals surface area contributed by atoms with Gasteiger partial charge in [0, 0.05) is 29.8 Å². The average Bonchev–Trinajstić information content (AvgIpc) is 2.75. The Morgan fingerprint density at radius 3 is 2.31 bits per heavy atom. The van der Waals surface area contributed by atoms with Crippen LogP contribution in [0.2, 0.25) is 5.02 Å². The highest BCUT2D eigenvalue weighted by molar-refractivity contribution is 6.30. The normalized spacial score (nSPS) is 19.1. The molecule has 29 heavy (non-hydrogen) atoms. The van der Waals surface area contributed by atoms with Gasteiger partial charge in [-0.25, -0.2) is 0 Å². The van der Waals surface area contributed by atoms with Gasteiger partial charge in [-0.2, -0.15) is 0 Å². The number of halogens is 1. The van der Waals surface area contributed by atoms with Crippen molar-refractivity contribution in [3.63, 3.8) is 0 Å². The predicted octanol–water partition coefficient (Wildman–Crippen LogP) is 4.66. The largest absolute Gasteiger partial charge is 0.396 e. The molecule has 0 atom stereocenters. The summed E-state index contributed by atoms with van der Waals surface area (Å²) in [5.41, 5.74) is 3.36. The number of hydrogen-bond acceptors (Lipinski definition) is 3. The van der Waals surface area contributed by atoms with Crippen molar-refractivity contribution in [2.75, 3.05) is 13.2 Å². The fourth-order valence-corrected chi connectivity index (χ4v) is 4.07. The van der Waals surface area contributed by atoms with Crippen molar-refractivity contribution >= 4 is 17.5 Å². The van der Waals surface area contributed by atoms with E-state index in [4.69, 9.17) is 16.7 Å². The van der Waals surface area contributed by atoms with Gasteiger partial charge in [0.05, 0.1) is 0 Å². The maximum atomic E-state index is 12.4. The van der Waals surface area contributed by atoms with Crippen molar-refractivity contribution in [2.24, 2.45) is 0 Å². The Hall–Kier alpha value is -1.88. The van der Waals surface area contributed by atoms with Gasteiger partial charge in [-0.15, -0.1) is 0 Å². The molecule has 2 aromatic carbocycles. The lowest BCUT2D eigenvalue weighted by atomic mass is 9.81. The lowest BCUT2D eigenvalue weighted by molar-refractivity contribution is 0.0926. The molecule has 0 spiro atoms. The Labute approximate surface area is 178 Å². The van der Waals surface area contributed by atoms with Crippen LogP contribution in [0.4, 0.5) is 0 Å². The number of aliphatic hydroxyl groups is 1. The first-order valence-electron chi connectivity index (χ1n) is 10.6. The summed E-state index contributed by atoms with van der Waals surface area (Å²) < 4.78 is 0. The third-order valence-electron chi connectivity index (χ3n) is 5.71. The van der Waals surface area contributed by atoms with Gasteiger partial charge in [0.2, 0.25) is 0 Å². The quantitative estimate of drug-likeness (QED) is 0.523. The molecule has 0 heterocycles. The second-order valence-electron chi connectivity index (χ2n) is 7.88. The van der Waals surface area contributed by atoms with Crippen LogP contribution in [0.25, 0.3) is 0 Å². The molecule has 3 rings (SSSR count). The number of unbranched alkanes of at least 4 members (excludes halogenated alkanes) is 1. The Kier molecular flexibility index (Phi) is 8.53. The van der Waals surface area contributed by atoms with E-state index in [1.54, 1.807) is 24.3 Å². The zero-order chi connectivity index (χ0) is 20.5. The number of nitrogens with one attached hydrogen (secondary N) is 2. The molecule has 0 aliphatic heterocycles. The Morgan fingerprint density at radius 1 is 0.966 bits per heavy atom. The minimum atomic E-state index is -0.0130. The summed E-state index contributed by atoms with van der Waals surface area (Å²) in [6.07, 6.45) is 6.09. The fraction of sp³-hybridized carbons (Fsp3) is 0.458. The van der Waals surface area contributed by atoms with E-state index in [1.807, 2.05) is 0 Å². The van der Waals surface area contributed by atoms with Crippen molar-refractivity contribution in [3.8, 4) is 0 Å². The van der Waals surface area contributed by atoms with Crippen LogP contribution in [0, 0.1) is 0 Å². The molecule has 5 heteroatoms. The van der Waals surface area contributed by atoms with Crippen molar-refractivity contribution in [3.05, 3.63) is 70.2 Å².